The van der Waals surface area contributed by atoms with E-state index in [4.69, 9.17) is 5.11 Å². The van der Waals surface area contributed by atoms with Crippen molar-refractivity contribution in [1.29, 1.82) is 0 Å². The summed E-state index contributed by atoms with van der Waals surface area (Å²) in [5.74, 6) is -0.931. The van der Waals surface area contributed by atoms with Crippen LogP contribution in [0.3, 0.4) is 0 Å². The number of aliphatic hydroxyl groups excluding tert-OH is 1. The molecule has 0 rings (SSSR count). The number of carbonyl (C=O) groups is 1. The van der Waals surface area contributed by atoms with Crippen LogP contribution in [0.15, 0.2) is 0 Å². The maximum absolute atomic E-state index is 9.93. The predicted molar refractivity (Wildman–Crippen MR) is 22.4 cm³/mol. The molecule has 1 N–H and O–H groups in total. The van der Waals surface area contributed by atoms with Crippen molar-refractivity contribution in [2.75, 3.05) is 0 Å². The zero-order chi connectivity index (χ0) is 6.57. The van der Waals surface area contributed by atoms with E-state index < -0.39 is 12.1 Å². The van der Waals surface area contributed by atoms with Crippen molar-refractivity contribution in [3.05, 3.63) is 0 Å². The molecule has 0 fully saturated rings. The molecule has 0 saturated heterocycles. The Bertz CT molecular complexity index is 82.6. The number of hydrogen-bond donors (Lipinski definition) is 1. The first-order chi connectivity index (χ1) is 3.66. The molecule has 0 saturated carbocycles. The van der Waals surface area contributed by atoms with Gasteiger partial charge < -0.3 is 15.3 Å². The minimum atomic E-state index is -0.931. The fourth-order valence-electron chi connectivity index (χ4n) is 0.275. The van der Waals surface area contributed by atoms with E-state index in [1.807, 2.05) is 0 Å². The van der Waals surface area contributed by atoms with Crippen molar-refractivity contribution in [3.8, 4) is 0 Å². The Morgan fingerprint density at radius 3 is 2.44 bits per heavy atom. The Morgan fingerprint density at radius 1 is 1.89 bits per heavy atom. The fourth-order valence-corrected chi connectivity index (χ4v) is 0.275. The molecule has 5 heteroatoms. The largest absolute Gasteiger partial charge is 1.00 e. The summed E-state index contributed by atoms with van der Waals surface area (Å²) in [4.78, 5) is 12.9. The maximum atomic E-state index is 9.93. The van der Waals surface area contributed by atoms with Gasteiger partial charge in [0.2, 0.25) is 0 Å². The van der Waals surface area contributed by atoms with Crippen LogP contribution in [-0.4, -0.2) is 17.2 Å². The molecule has 0 aliphatic heterocycles. The first-order valence-electron chi connectivity index (χ1n) is 2.17. The van der Waals surface area contributed by atoms with Gasteiger partial charge in [-0.05, 0) is 6.92 Å². The molecule has 4 nitrogen and oxygen atoms in total. The summed E-state index contributed by atoms with van der Waals surface area (Å²) in [5, 5.41) is 17.6. The fraction of sp³-hybridized carbons (Fsp3) is 0.750. The molecule has 1 atom stereocenters. The second kappa shape index (κ2) is 6.51. The topological polar surface area (TPSA) is 69.6 Å². The second-order valence-corrected chi connectivity index (χ2v) is 1.51. The molecule has 9 heavy (non-hydrogen) atoms. The zero-order valence-electron chi connectivity index (χ0n) is 5.46. The molecule has 0 spiro atoms. The summed E-state index contributed by atoms with van der Waals surface area (Å²) in [7, 11) is 0. The van der Waals surface area contributed by atoms with Crippen molar-refractivity contribution in [2.45, 2.75) is 19.4 Å². The number of aliphatic hydroxyl groups is 1. The van der Waals surface area contributed by atoms with E-state index in [-0.39, 0.29) is 36.0 Å². The molecule has 0 aromatic heterocycles. The second-order valence-electron chi connectivity index (χ2n) is 1.51. The van der Waals surface area contributed by atoms with E-state index in [9.17, 15) is 10.1 Å². The Kier molecular flexibility index (Phi) is 8.75. The monoisotopic (exact) mass is 142 g/mol. The third-order valence-corrected chi connectivity index (χ3v) is 0.555. The number of rotatable bonds is 2. The van der Waals surface area contributed by atoms with E-state index in [2.05, 4.69) is 4.89 Å². The minimum absolute atomic E-state index is 0. The van der Waals surface area contributed by atoms with Crippen molar-refractivity contribution < 1.29 is 49.6 Å². The standard InChI is InChI=1S/C4H8O4.Na/c1-3(5)2-4(6)8-7;/h3,5,7H,2H2,1H3;/q;+1/p-1. The average Bonchev–Trinajstić information content (AvgIpc) is 1.65. The predicted octanol–water partition coefficient (Wildman–Crippen LogP) is -4.42. The van der Waals surface area contributed by atoms with Crippen molar-refractivity contribution in [2.24, 2.45) is 0 Å². The van der Waals surface area contributed by atoms with Crippen molar-refractivity contribution in [1.82, 2.24) is 0 Å². The molecule has 0 radical (unpaired) electrons. The molecule has 1 unspecified atom stereocenters. The summed E-state index contributed by atoms with van der Waals surface area (Å²) in [5.41, 5.74) is 0. The quantitative estimate of drug-likeness (QED) is 0.240. The van der Waals surface area contributed by atoms with Crippen LogP contribution in [0.25, 0.3) is 0 Å². The smallest absolute Gasteiger partial charge is 0.662 e. The third kappa shape index (κ3) is 8.39. The Balaban J connectivity index is 0. The summed E-state index contributed by atoms with van der Waals surface area (Å²) in [6.45, 7) is 1.40. The van der Waals surface area contributed by atoms with Gasteiger partial charge >= 0.3 is 35.5 Å². The van der Waals surface area contributed by atoms with Crippen LogP contribution in [0, 0.1) is 0 Å². The van der Waals surface area contributed by atoms with Crippen LogP contribution < -0.4 is 34.8 Å². The van der Waals surface area contributed by atoms with E-state index in [1.165, 1.54) is 6.92 Å². The van der Waals surface area contributed by atoms with Crippen molar-refractivity contribution in [3.63, 3.8) is 0 Å². The van der Waals surface area contributed by atoms with Crippen LogP contribution in [0.1, 0.15) is 13.3 Å². The van der Waals surface area contributed by atoms with Gasteiger partial charge in [0.1, 0.15) is 0 Å². The molecule has 0 heterocycles. The van der Waals surface area contributed by atoms with Gasteiger partial charge in [-0.1, -0.05) is 0 Å². The van der Waals surface area contributed by atoms with Crippen LogP contribution in [-0.2, 0) is 9.68 Å². The van der Waals surface area contributed by atoms with Gasteiger partial charge in [-0.3, -0.25) is 4.79 Å². The van der Waals surface area contributed by atoms with Gasteiger partial charge in [-0.25, -0.2) is 0 Å². The normalized spacial score (nSPS) is 11.4. The zero-order valence-corrected chi connectivity index (χ0v) is 7.46. The van der Waals surface area contributed by atoms with Gasteiger partial charge in [0.15, 0.2) is 0 Å². The Hall–Kier alpha value is 0.390. The van der Waals surface area contributed by atoms with Gasteiger partial charge in [0, 0.05) is 0 Å². The van der Waals surface area contributed by atoms with E-state index >= 15 is 0 Å². The molecular formula is C4H7NaO4. The summed E-state index contributed by atoms with van der Waals surface area (Å²) in [6, 6.07) is 0. The van der Waals surface area contributed by atoms with Gasteiger partial charge in [-0.2, -0.15) is 0 Å². The SMILES string of the molecule is CC(O)CC(=O)O[O-].[Na+]. The molecule has 0 amide bonds. The van der Waals surface area contributed by atoms with Gasteiger partial charge in [-0.15, -0.1) is 0 Å². The van der Waals surface area contributed by atoms with Crippen LogP contribution >= 0.6 is 0 Å². The number of carbonyl (C=O) groups excluding carboxylic acids is 1. The summed E-state index contributed by atoms with van der Waals surface area (Å²) >= 11 is 0. The van der Waals surface area contributed by atoms with Gasteiger partial charge in [0.05, 0.1) is 12.5 Å². The minimum Gasteiger partial charge on any atom is -0.662 e. The molecule has 0 aliphatic carbocycles. The Morgan fingerprint density at radius 2 is 2.33 bits per heavy atom. The molecule has 0 aromatic carbocycles. The molecule has 0 aromatic rings. The van der Waals surface area contributed by atoms with Crippen molar-refractivity contribution >= 4 is 5.97 Å². The van der Waals surface area contributed by atoms with E-state index in [0.29, 0.717) is 0 Å². The van der Waals surface area contributed by atoms with Gasteiger partial charge in [0.25, 0.3) is 0 Å². The summed E-state index contributed by atoms with van der Waals surface area (Å²) in [6.07, 6.45) is -1.03. The summed E-state index contributed by atoms with van der Waals surface area (Å²) < 4.78 is 0. The molecule has 48 valence electrons. The van der Waals surface area contributed by atoms with Crippen LogP contribution in [0.2, 0.25) is 0 Å². The maximum Gasteiger partial charge on any atom is 1.00 e. The molecule has 0 aliphatic rings. The first-order valence-corrected chi connectivity index (χ1v) is 2.17. The Labute approximate surface area is 75.0 Å². The average molecular weight is 142 g/mol. The van der Waals surface area contributed by atoms with E-state index in [0.717, 1.165) is 0 Å². The number of hydrogen-bond acceptors (Lipinski definition) is 4. The molecular weight excluding hydrogens is 135 g/mol. The third-order valence-electron chi connectivity index (χ3n) is 0.555. The first kappa shape index (κ1) is 12.1. The molecule has 0 bridgehead atoms. The van der Waals surface area contributed by atoms with Crippen LogP contribution in [0.4, 0.5) is 0 Å². The van der Waals surface area contributed by atoms with E-state index in [1.54, 1.807) is 0 Å². The van der Waals surface area contributed by atoms with Crippen LogP contribution in [0.5, 0.6) is 0 Å².